The second kappa shape index (κ2) is 7.70. The van der Waals surface area contributed by atoms with Crippen LogP contribution in [0.15, 0.2) is 42.5 Å². The molecule has 140 valence electrons. The Morgan fingerprint density at radius 3 is 2.70 bits per heavy atom. The third kappa shape index (κ3) is 4.05. The molecular formula is C21H22N2O4. The van der Waals surface area contributed by atoms with Crippen molar-refractivity contribution >= 4 is 11.8 Å². The summed E-state index contributed by atoms with van der Waals surface area (Å²) in [4.78, 5) is 26.1. The van der Waals surface area contributed by atoms with Crippen molar-refractivity contribution in [1.82, 2.24) is 10.2 Å². The van der Waals surface area contributed by atoms with Crippen LogP contribution in [-0.4, -0.2) is 36.5 Å². The lowest BCUT2D eigenvalue weighted by molar-refractivity contribution is -0.128. The molecule has 6 nitrogen and oxygen atoms in total. The molecule has 0 atom stereocenters. The van der Waals surface area contributed by atoms with Gasteiger partial charge in [-0.1, -0.05) is 18.2 Å². The number of carbonyl (C=O) groups is 2. The Morgan fingerprint density at radius 2 is 1.89 bits per heavy atom. The molecule has 2 heterocycles. The van der Waals surface area contributed by atoms with Crippen LogP contribution in [0.1, 0.15) is 34.3 Å². The van der Waals surface area contributed by atoms with E-state index in [0.29, 0.717) is 44.0 Å². The minimum atomic E-state index is -0.139. The van der Waals surface area contributed by atoms with Crippen LogP contribution >= 0.6 is 0 Å². The number of benzene rings is 2. The molecule has 6 heteroatoms. The van der Waals surface area contributed by atoms with Gasteiger partial charge in [0.25, 0.3) is 5.91 Å². The van der Waals surface area contributed by atoms with Gasteiger partial charge in [0, 0.05) is 31.6 Å². The summed E-state index contributed by atoms with van der Waals surface area (Å²) in [6.07, 6.45) is 1.53. The van der Waals surface area contributed by atoms with E-state index in [1.54, 1.807) is 6.07 Å². The largest absolute Gasteiger partial charge is 0.486 e. The van der Waals surface area contributed by atoms with Crippen LogP contribution in [0.4, 0.5) is 0 Å². The van der Waals surface area contributed by atoms with Gasteiger partial charge in [0.1, 0.15) is 13.2 Å². The standard InChI is InChI=1S/C21H22N2O4/c24-20-5-2-8-23(20)14-16-3-1-4-17(11-16)21(25)22-13-15-6-7-18-19(12-15)27-10-9-26-18/h1,3-4,6-7,11-12H,2,5,8-10,13-14H2,(H,22,25). The lowest BCUT2D eigenvalue weighted by Crippen LogP contribution is -2.25. The number of fused-ring (bicyclic) bond motifs is 1. The predicted octanol–water partition coefficient (Wildman–Crippen LogP) is 2.51. The molecule has 1 N–H and O–H groups in total. The fraction of sp³-hybridized carbons (Fsp3) is 0.333. The van der Waals surface area contributed by atoms with Crippen molar-refractivity contribution in [3.05, 3.63) is 59.2 Å². The van der Waals surface area contributed by atoms with Crippen molar-refractivity contribution in [3.8, 4) is 11.5 Å². The maximum Gasteiger partial charge on any atom is 0.251 e. The lowest BCUT2D eigenvalue weighted by Gasteiger charge is -2.19. The summed E-state index contributed by atoms with van der Waals surface area (Å²) >= 11 is 0. The van der Waals surface area contributed by atoms with Gasteiger partial charge in [-0.25, -0.2) is 0 Å². The first kappa shape index (κ1) is 17.4. The Kier molecular flexibility index (Phi) is 4.96. The van der Waals surface area contributed by atoms with E-state index in [1.807, 2.05) is 41.3 Å². The first-order chi connectivity index (χ1) is 13.2. The summed E-state index contributed by atoms with van der Waals surface area (Å²) in [5.41, 5.74) is 2.51. The molecule has 0 aromatic heterocycles. The van der Waals surface area contributed by atoms with Gasteiger partial charge in [0.05, 0.1) is 0 Å². The van der Waals surface area contributed by atoms with Gasteiger partial charge in [0.2, 0.25) is 5.91 Å². The van der Waals surface area contributed by atoms with Gasteiger partial charge in [0.15, 0.2) is 11.5 Å². The molecule has 0 radical (unpaired) electrons. The minimum absolute atomic E-state index is 0.139. The summed E-state index contributed by atoms with van der Waals surface area (Å²) in [6, 6.07) is 13.1. The van der Waals surface area contributed by atoms with E-state index in [9.17, 15) is 9.59 Å². The molecule has 0 saturated carbocycles. The van der Waals surface area contributed by atoms with Crippen molar-refractivity contribution in [3.63, 3.8) is 0 Å². The molecule has 2 aliphatic rings. The summed E-state index contributed by atoms with van der Waals surface area (Å²) in [5, 5.41) is 2.94. The molecule has 1 fully saturated rings. The van der Waals surface area contributed by atoms with Gasteiger partial charge < -0.3 is 19.7 Å². The number of nitrogens with one attached hydrogen (secondary N) is 1. The number of ether oxygens (including phenoxy) is 2. The topological polar surface area (TPSA) is 67.9 Å². The number of hydrogen-bond donors (Lipinski definition) is 1. The van der Waals surface area contributed by atoms with Crippen molar-refractivity contribution in [2.45, 2.75) is 25.9 Å². The maximum absolute atomic E-state index is 12.5. The van der Waals surface area contributed by atoms with E-state index in [-0.39, 0.29) is 11.8 Å². The summed E-state index contributed by atoms with van der Waals surface area (Å²) in [7, 11) is 0. The zero-order valence-electron chi connectivity index (χ0n) is 15.1. The van der Waals surface area contributed by atoms with E-state index in [2.05, 4.69) is 5.32 Å². The molecule has 0 unspecified atom stereocenters. The molecule has 1 saturated heterocycles. The van der Waals surface area contributed by atoms with Crippen LogP contribution < -0.4 is 14.8 Å². The number of rotatable bonds is 5. The second-order valence-electron chi connectivity index (χ2n) is 6.78. The molecule has 0 bridgehead atoms. The van der Waals surface area contributed by atoms with Crippen LogP contribution in [0, 0.1) is 0 Å². The minimum Gasteiger partial charge on any atom is -0.486 e. The average molecular weight is 366 g/mol. The normalized spacial score (nSPS) is 15.7. The van der Waals surface area contributed by atoms with E-state index < -0.39 is 0 Å². The quantitative estimate of drug-likeness (QED) is 0.883. The first-order valence-electron chi connectivity index (χ1n) is 9.22. The smallest absolute Gasteiger partial charge is 0.251 e. The first-order valence-corrected chi connectivity index (χ1v) is 9.22. The number of nitrogens with zero attached hydrogens (tertiary/aromatic N) is 1. The summed E-state index contributed by atoms with van der Waals surface area (Å²) in [6.45, 7) is 2.85. The number of carbonyl (C=O) groups excluding carboxylic acids is 2. The molecule has 4 rings (SSSR count). The van der Waals surface area contributed by atoms with Gasteiger partial charge in [-0.2, -0.15) is 0 Å². The Balaban J connectivity index is 1.38. The van der Waals surface area contributed by atoms with Crippen molar-refractivity contribution in [2.24, 2.45) is 0 Å². The van der Waals surface area contributed by atoms with Crippen LogP contribution in [0.3, 0.4) is 0 Å². The zero-order chi connectivity index (χ0) is 18.6. The predicted molar refractivity (Wildman–Crippen MR) is 99.7 cm³/mol. The highest BCUT2D eigenvalue weighted by atomic mass is 16.6. The second-order valence-corrected chi connectivity index (χ2v) is 6.78. The van der Waals surface area contributed by atoms with Gasteiger partial charge in [-0.15, -0.1) is 0 Å². The Morgan fingerprint density at radius 1 is 1.04 bits per heavy atom. The monoisotopic (exact) mass is 366 g/mol. The average Bonchev–Trinajstić information content (AvgIpc) is 3.10. The third-order valence-corrected chi connectivity index (χ3v) is 4.79. The molecule has 2 aromatic rings. The third-order valence-electron chi connectivity index (χ3n) is 4.79. The molecule has 2 aliphatic heterocycles. The van der Waals surface area contributed by atoms with Gasteiger partial charge in [-0.05, 0) is 41.8 Å². The number of amides is 2. The van der Waals surface area contributed by atoms with Crippen LogP contribution in [0.25, 0.3) is 0 Å². The number of likely N-dealkylation sites (tertiary alicyclic amines) is 1. The maximum atomic E-state index is 12.5. The van der Waals surface area contributed by atoms with E-state index in [1.165, 1.54) is 0 Å². The Hall–Kier alpha value is -3.02. The Labute approximate surface area is 158 Å². The van der Waals surface area contributed by atoms with Crippen LogP contribution in [0.2, 0.25) is 0 Å². The van der Waals surface area contributed by atoms with Gasteiger partial charge >= 0.3 is 0 Å². The van der Waals surface area contributed by atoms with E-state index in [4.69, 9.17) is 9.47 Å². The van der Waals surface area contributed by atoms with Gasteiger partial charge in [-0.3, -0.25) is 9.59 Å². The summed E-state index contributed by atoms with van der Waals surface area (Å²) < 4.78 is 11.1. The lowest BCUT2D eigenvalue weighted by atomic mass is 10.1. The van der Waals surface area contributed by atoms with E-state index >= 15 is 0 Å². The molecule has 2 amide bonds. The molecule has 2 aromatic carbocycles. The number of hydrogen-bond acceptors (Lipinski definition) is 4. The summed E-state index contributed by atoms with van der Waals surface area (Å²) in [5.74, 6) is 1.49. The fourth-order valence-electron chi connectivity index (χ4n) is 3.38. The fourth-order valence-corrected chi connectivity index (χ4v) is 3.38. The van der Waals surface area contributed by atoms with Crippen LogP contribution in [0.5, 0.6) is 11.5 Å². The molecule has 0 aliphatic carbocycles. The highest BCUT2D eigenvalue weighted by Gasteiger charge is 2.20. The van der Waals surface area contributed by atoms with Crippen LogP contribution in [-0.2, 0) is 17.9 Å². The molecular weight excluding hydrogens is 344 g/mol. The van der Waals surface area contributed by atoms with Crippen molar-refractivity contribution in [1.29, 1.82) is 0 Å². The highest BCUT2D eigenvalue weighted by molar-refractivity contribution is 5.94. The Bertz CT molecular complexity index is 865. The molecule has 27 heavy (non-hydrogen) atoms. The molecule has 0 spiro atoms. The highest BCUT2D eigenvalue weighted by Crippen LogP contribution is 2.30. The van der Waals surface area contributed by atoms with Crippen molar-refractivity contribution < 1.29 is 19.1 Å². The van der Waals surface area contributed by atoms with Crippen molar-refractivity contribution in [2.75, 3.05) is 19.8 Å². The zero-order valence-corrected chi connectivity index (χ0v) is 15.1. The van der Waals surface area contributed by atoms with E-state index in [0.717, 1.165) is 29.8 Å². The SMILES string of the molecule is O=C(NCc1ccc2c(c1)OCCO2)c1cccc(CN2CCCC2=O)c1.